The predicted octanol–water partition coefficient (Wildman–Crippen LogP) is 3.52. The van der Waals surface area contributed by atoms with Crippen molar-refractivity contribution in [2.75, 3.05) is 17.6 Å². The fraction of sp³-hybridized carbons (Fsp3) is 0.406. The number of nitrogens with one attached hydrogen (secondary N) is 4. The third kappa shape index (κ3) is 6.34. The number of primary amides is 1. The molecule has 3 aromatic heterocycles. The van der Waals surface area contributed by atoms with Crippen LogP contribution in [0.5, 0.6) is 0 Å². The van der Waals surface area contributed by atoms with Gasteiger partial charge in [-0.3, -0.25) is 4.79 Å². The first-order chi connectivity index (χ1) is 22.4. The van der Waals surface area contributed by atoms with Crippen LogP contribution in [0.15, 0.2) is 48.5 Å². The maximum absolute atomic E-state index is 12.3. The Bertz CT molecular complexity index is 1870. The standard InChI is InChI=1S/C32H37N11O2S/c1-43-41-29(40-42-43)20-12-13-21-22(16-20)35-31-26(21)30(37-25(38-31)15-18-7-3-2-4-8-18)34-14-6-10-19(28(33)44)9-5-11-24-27-23(17-46-24)36-32(45)39-27/h2-4,7-8,12-13,16,19,23-24,27H,5-6,9-11,14-15,17H2,1H3,(H2,33,44)(H2,36,39,45)(H2,34,35,37,38)/t19?,23-,24-,27-/m0/s1. The molecule has 238 valence electrons. The maximum atomic E-state index is 12.3. The van der Waals surface area contributed by atoms with E-state index in [2.05, 4.69) is 48.5 Å². The summed E-state index contributed by atoms with van der Waals surface area (Å²) < 4.78 is 0. The van der Waals surface area contributed by atoms with Crippen molar-refractivity contribution >= 4 is 51.5 Å². The number of fused-ring (bicyclic) bond motifs is 4. The molecular formula is C32H37N11O2S. The van der Waals surface area contributed by atoms with Crippen LogP contribution in [0.2, 0.25) is 0 Å². The fourth-order valence-corrected chi connectivity index (χ4v) is 8.11. The van der Waals surface area contributed by atoms with Gasteiger partial charge in [-0.15, -0.1) is 10.2 Å². The summed E-state index contributed by atoms with van der Waals surface area (Å²) in [4.78, 5) is 38.8. The molecule has 2 fully saturated rings. The molecule has 4 atom stereocenters. The second kappa shape index (κ2) is 12.9. The third-order valence-electron chi connectivity index (χ3n) is 8.87. The van der Waals surface area contributed by atoms with Crippen LogP contribution in [0.3, 0.4) is 0 Å². The largest absolute Gasteiger partial charge is 0.369 e. The number of aromatic amines is 1. The van der Waals surface area contributed by atoms with E-state index >= 15 is 0 Å². The van der Waals surface area contributed by atoms with E-state index in [4.69, 9.17) is 15.7 Å². The molecule has 2 aliphatic heterocycles. The van der Waals surface area contributed by atoms with Crippen molar-refractivity contribution in [3.05, 3.63) is 59.9 Å². The Morgan fingerprint density at radius 1 is 1.13 bits per heavy atom. The number of aryl methyl sites for hydroxylation is 1. The summed E-state index contributed by atoms with van der Waals surface area (Å²) in [6, 6.07) is 16.5. The van der Waals surface area contributed by atoms with Gasteiger partial charge in [-0.05, 0) is 42.5 Å². The first-order valence-corrected chi connectivity index (χ1v) is 16.8. The molecule has 2 aliphatic rings. The normalized spacial score (nSPS) is 19.7. The van der Waals surface area contributed by atoms with E-state index in [-0.39, 0.29) is 29.9 Å². The molecule has 2 aromatic carbocycles. The maximum Gasteiger partial charge on any atom is 0.315 e. The summed E-state index contributed by atoms with van der Waals surface area (Å²) in [6.07, 6.45) is 4.65. The molecule has 1 unspecified atom stereocenters. The highest BCUT2D eigenvalue weighted by molar-refractivity contribution is 8.00. The van der Waals surface area contributed by atoms with Gasteiger partial charge >= 0.3 is 6.03 Å². The van der Waals surface area contributed by atoms with Crippen molar-refractivity contribution in [1.29, 1.82) is 0 Å². The predicted molar refractivity (Wildman–Crippen MR) is 178 cm³/mol. The van der Waals surface area contributed by atoms with Gasteiger partial charge in [0.2, 0.25) is 11.7 Å². The summed E-state index contributed by atoms with van der Waals surface area (Å²) in [6.45, 7) is 0.634. The first-order valence-electron chi connectivity index (χ1n) is 15.7. The minimum atomic E-state index is -0.257. The molecule has 5 aromatic rings. The Balaban J connectivity index is 1.05. The van der Waals surface area contributed by atoms with Gasteiger partial charge in [0.15, 0.2) is 0 Å². The number of nitrogens with zero attached hydrogens (tertiary/aromatic N) is 6. The molecule has 13 nitrogen and oxygen atoms in total. The van der Waals surface area contributed by atoms with Crippen LogP contribution >= 0.6 is 11.8 Å². The summed E-state index contributed by atoms with van der Waals surface area (Å²) >= 11 is 1.89. The molecule has 0 saturated carbocycles. The van der Waals surface area contributed by atoms with Crippen LogP contribution < -0.4 is 21.7 Å². The number of thioether (sulfide) groups is 1. The van der Waals surface area contributed by atoms with Gasteiger partial charge in [0.25, 0.3) is 0 Å². The molecular weight excluding hydrogens is 602 g/mol. The van der Waals surface area contributed by atoms with E-state index in [0.717, 1.165) is 70.3 Å². The van der Waals surface area contributed by atoms with Crippen LogP contribution in [0.1, 0.15) is 43.5 Å². The summed E-state index contributed by atoms with van der Waals surface area (Å²) in [7, 11) is 1.74. The lowest BCUT2D eigenvalue weighted by molar-refractivity contribution is -0.122. The smallest absolute Gasteiger partial charge is 0.315 e. The number of amides is 3. The number of H-pyrrole nitrogens is 1. The van der Waals surface area contributed by atoms with E-state index in [1.165, 1.54) is 4.80 Å². The molecule has 2 saturated heterocycles. The average molecular weight is 640 g/mol. The van der Waals surface area contributed by atoms with Gasteiger partial charge in [0.05, 0.1) is 24.5 Å². The first kappa shape index (κ1) is 30.0. The van der Waals surface area contributed by atoms with E-state index in [1.54, 1.807) is 7.05 Å². The molecule has 0 spiro atoms. The number of hydrogen-bond donors (Lipinski definition) is 5. The van der Waals surface area contributed by atoms with Crippen LogP contribution in [-0.4, -0.2) is 76.7 Å². The number of benzene rings is 2. The number of tetrazole rings is 1. The number of aromatic nitrogens is 7. The molecule has 6 N–H and O–H groups in total. The molecule has 0 aliphatic carbocycles. The molecule has 0 radical (unpaired) electrons. The number of anilines is 1. The third-order valence-corrected chi connectivity index (χ3v) is 10.4. The Hall–Kier alpha value is -4.72. The molecule has 14 heteroatoms. The molecule has 3 amide bonds. The van der Waals surface area contributed by atoms with E-state index in [9.17, 15) is 9.59 Å². The Kier molecular flexibility index (Phi) is 8.43. The van der Waals surface area contributed by atoms with E-state index in [0.29, 0.717) is 36.3 Å². The zero-order chi connectivity index (χ0) is 31.6. The highest BCUT2D eigenvalue weighted by Crippen LogP contribution is 2.34. The zero-order valence-electron chi connectivity index (χ0n) is 25.6. The van der Waals surface area contributed by atoms with Crippen LogP contribution in [0.4, 0.5) is 10.6 Å². The topological polar surface area (TPSA) is 181 Å². The van der Waals surface area contributed by atoms with Crippen LogP contribution in [0.25, 0.3) is 33.3 Å². The van der Waals surface area contributed by atoms with Gasteiger partial charge in [0, 0.05) is 46.4 Å². The average Bonchev–Trinajstić information content (AvgIpc) is 3.82. The zero-order valence-corrected chi connectivity index (χ0v) is 26.4. The van der Waals surface area contributed by atoms with Gasteiger partial charge in [0.1, 0.15) is 17.3 Å². The van der Waals surface area contributed by atoms with Crippen molar-refractivity contribution in [2.45, 2.75) is 55.9 Å². The van der Waals surface area contributed by atoms with Gasteiger partial charge in [-0.2, -0.15) is 16.6 Å². The highest BCUT2D eigenvalue weighted by Gasteiger charge is 2.42. The second-order valence-corrected chi connectivity index (χ2v) is 13.4. The van der Waals surface area contributed by atoms with E-state index < -0.39 is 0 Å². The van der Waals surface area contributed by atoms with Crippen LogP contribution in [0, 0.1) is 5.92 Å². The lowest BCUT2D eigenvalue weighted by Gasteiger charge is -2.18. The number of urea groups is 1. The van der Waals surface area contributed by atoms with Crippen molar-refractivity contribution in [3.8, 4) is 11.4 Å². The van der Waals surface area contributed by atoms with Crippen molar-refractivity contribution in [1.82, 2.24) is 45.8 Å². The van der Waals surface area contributed by atoms with Gasteiger partial charge in [-0.25, -0.2) is 14.8 Å². The number of hydrogen-bond acceptors (Lipinski definition) is 9. The number of nitrogens with two attached hydrogens (primary N) is 1. The summed E-state index contributed by atoms with van der Waals surface area (Å²) in [5.74, 6) is 2.49. The van der Waals surface area contributed by atoms with Crippen molar-refractivity contribution in [2.24, 2.45) is 18.7 Å². The minimum Gasteiger partial charge on any atom is -0.369 e. The van der Waals surface area contributed by atoms with Crippen molar-refractivity contribution in [3.63, 3.8) is 0 Å². The van der Waals surface area contributed by atoms with Crippen molar-refractivity contribution < 1.29 is 9.59 Å². The monoisotopic (exact) mass is 639 g/mol. The fourth-order valence-electron chi connectivity index (χ4n) is 6.56. The Morgan fingerprint density at radius 3 is 2.78 bits per heavy atom. The summed E-state index contributed by atoms with van der Waals surface area (Å²) in [5.41, 5.74) is 9.46. The molecule has 5 heterocycles. The van der Waals surface area contributed by atoms with Crippen LogP contribution in [-0.2, 0) is 18.3 Å². The lowest BCUT2D eigenvalue weighted by atomic mass is 9.94. The Morgan fingerprint density at radius 2 is 1.98 bits per heavy atom. The SMILES string of the molecule is Cn1nnc(-c2ccc3c(c2)[nH]c2nc(Cc4ccccc4)nc(NCCCC(CCC[C@@H]4SC[C@@H]5NC(=O)N[C@@H]54)C(N)=O)c23)n1. The number of rotatable bonds is 13. The number of carbonyl (C=O) groups excluding carboxylic acids is 2. The van der Waals surface area contributed by atoms with E-state index in [1.807, 2.05) is 48.2 Å². The number of carbonyl (C=O) groups is 2. The van der Waals surface area contributed by atoms with Gasteiger partial charge in [-0.1, -0.05) is 48.9 Å². The second-order valence-electron chi connectivity index (χ2n) is 12.1. The lowest BCUT2D eigenvalue weighted by Crippen LogP contribution is -2.36. The highest BCUT2D eigenvalue weighted by atomic mass is 32.2. The molecule has 0 bridgehead atoms. The Labute approximate surface area is 269 Å². The molecule has 7 rings (SSSR count). The molecule has 46 heavy (non-hydrogen) atoms. The van der Waals surface area contributed by atoms with Gasteiger partial charge < -0.3 is 26.7 Å². The minimum absolute atomic E-state index is 0.0762. The quantitative estimate of drug-likeness (QED) is 0.0951. The summed E-state index contributed by atoms with van der Waals surface area (Å²) in [5, 5.41) is 24.3.